The minimum absolute atomic E-state index is 0.0256. The molecule has 0 radical (unpaired) electrons. The highest BCUT2D eigenvalue weighted by molar-refractivity contribution is 5.39. The lowest BCUT2D eigenvalue weighted by molar-refractivity contribution is 0.161. The summed E-state index contributed by atoms with van der Waals surface area (Å²) >= 11 is 0. The summed E-state index contributed by atoms with van der Waals surface area (Å²) in [4.78, 5) is 0. The number of hydrogen-bond donors (Lipinski definition) is 2. The number of phenolic OH excluding ortho intramolecular Hbond substituents is 1. The van der Waals surface area contributed by atoms with Crippen molar-refractivity contribution in [1.29, 1.82) is 0 Å². The fourth-order valence-corrected chi connectivity index (χ4v) is 2.38. The van der Waals surface area contributed by atoms with Crippen LogP contribution in [0, 0.1) is 0 Å². The molecule has 1 heterocycles. The van der Waals surface area contributed by atoms with E-state index >= 15 is 0 Å². The van der Waals surface area contributed by atoms with Gasteiger partial charge in [-0.25, -0.2) is 0 Å². The third-order valence-electron chi connectivity index (χ3n) is 3.30. The summed E-state index contributed by atoms with van der Waals surface area (Å²) in [5.74, 6) is 1.09. The molecule has 0 fully saturated rings. The molecule has 1 aliphatic rings. The SMILES string of the molecule is N[C@H]1CC(c2cccc(O)c2)Oc2ccccc21. The smallest absolute Gasteiger partial charge is 0.126 e. The quantitative estimate of drug-likeness (QED) is 0.807. The second-order valence-electron chi connectivity index (χ2n) is 4.58. The van der Waals surface area contributed by atoms with Gasteiger partial charge in [0.25, 0.3) is 0 Å². The van der Waals surface area contributed by atoms with E-state index in [1.807, 2.05) is 36.4 Å². The van der Waals surface area contributed by atoms with Gasteiger partial charge in [-0.2, -0.15) is 0 Å². The molecular formula is C15H15NO2. The first-order valence-electron chi connectivity index (χ1n) is 6.04. The van der Waals surface area contributed by atoms with Crippen molar-refractivity contribution < 1.29 is 9.84 Å². The molecule has 3 nitrogen and oxygen atoms in total. The second-order valence-corrected chi connectivity index (χ2v) is 4.58. The summed E-state index contributed by atoms with van der Waals surface area (Å²) in [6.45, 7) is 0. The molecule has 18 heavy (non-hydrogen) atoms. The molecule has 1 unspecified atom stereocenters. The molecule has 0 spiro atoms. The van der Waals surface area contributed by atoms with E-state index in [0.29, 0.717) is 0 Å². The summed E-state index contributed by atoms with van der Waals surface area (Å²) in [6.07, 6.45) is 0.627. The van der Waals surface area contributed by atoms with E-state index in [4.69, 9.17) is 10.5 Å². The number of ether oxygens (including phenoxy) is 1. The molecule has 0 saturated heterocycles. The zero-order chi connectivity index (χ0) is 12.5. The number of rotatable bonds is 1. The summed E-state index contributed by atoms with van der Waals surface area (Å²) < 4.78 is 5.95. The second kappa shape index (κ2) is 4.35. The topological polar surface area (TPSA) is 55.5 Å². The van der Waals surface area contributed by atoms with Crippen molar-refractivity contribution in [3.63, 3.8) is 0 Å². The van der Waals surface area contributed by atoms with Crippen LogP contribution in [0.25, 0.3) is 0 Å². The number of phenols is 1. The summed E-state index contributed by atoms with van der Waals surface area (Å²) in [5.41, 5.74) is 8.18. The molecule has 1 aliphatic heterocycles. The normalized spacial score (nSPS) is 22.1. The van der Waals surface area contributed by atoms with Crippen LogP contribution < -0.4 is 10.5 Å². The average molecular weight is 241 g/mol. The minimum atomic E-state index is -0.0954. The fourth-order valence-electron chi connectivity index (χ4n) is 2.38. The van der Waals surface area contributed by atoms with Crippen LogP contribution in [0.1, 0.15) is 29.7 Å². The Labute approximate surface area is 106 Å². The summed E-state index contributed by atoms with van der Waals surface area (Å²) in [7, 11) is 0. The van der Waals surface area contributed by atoms with E-state index in [2.05, 4.69) is 0 Å². The Bertz CT molecular complexity index is 568. The molecule has 3 heteroatoms. The molecule has 3 rings (SSSR count). The van der Waals surface area contributed by atoms with Crippen LogP contribution in [0.5, 0.6) is 11.5 Å². The highest BCUT2D eigenvalue weighted by atomic mass is 16.5. The minimum Gasteiger partial charge on any atom is -0.508 e. The zero-order valence-electron chi connectivity index (χ0n) is 9.91. The van der Waals surface area contributed by atoms with Crippen molar-refractivity contribution in [3.05, 3.63) is 59.7 Å². The van der Waals surface area contributed by atoms with Gasteiger partial charge in [0, 0.05) is 18.0 Å². The monoisotopic (exact) mass is 241 g/mol. The Balaban J connectivity index is 1.94. The van der Waals surface area contributed by atoms with Crippen molar-refractivity contribution in [2.75, 3.05) is 0 Å². The number of nitrogens with two attached hydrogens (primary N) is 1. The Kier molecular flexibility index (Phi) is 2.68. The maximum Gasteiger partial charge on any atom is 0.126 e. The first-order chi connectivity index (χ1) is 8.74. The van der Waals surface area contributed by atoms with Gasteiger partial charge in [-0.15, -0.1) is 0 Å². The predicted molar refractivity (Wildman–Crippen MR) is 69.5 cm³/mol. The standard InChI is InChI=1S/C15H15NO2/c16-13-9-15(10-4-3-5-11(17)8-10)18-14-7-2-1-6-12(13)14/h1-8,13,15,17H,9,16H2/t13-,15?/m0/s1. The van der Waals surface area contributed by atoms with Crippen LogP contribution in [0.4, 0.5) is 0 Å². The summed E-state index contributed by atoms with van der Waals surface area (Å²) in [6, 6.07) is 15.0. The molecular weight excluding hydrogens is 226 g/mol. The van der Waals surface area contributed by atoms with Gasteiger partial charge in [-0.05, 0) is 23.8 Å². The molecule has 2 aromatic carbocycles. The van der Waals surface area contributed by atoms with Gasteiger partial charge >= 0.3 is 0 Å². The van der Waals surface area contributed by atoms with Crippen LogP contribution in [0.2, 0.25) is 0 Å². The van der Waals surface area contributed by atoms with Crippen LogP contribution in [0.3, 0.4) is 0 Å². The zero-order valence-corrected chi connectivity index (χ0v) is 9.91. The maximum atomic E-state index is 9.52. The van der Waals surface area contributed by atoms with Crippen molar-refractivity contribution in [1.82, 2.24) is 0 Å². The molecule has 2 atom stereocenters. The fraction of sp³-hybridized carbons (Fsp3) is 0.200. The Morgan fingerprint density at radius 3 is 2.78 bits per heavy atom. The van der Waals surface area contributed by atoms with Gasteiger partial charge in [0.1, 0.15) is 17.6 Å². The number of fused-ring (bicyclic) bond motifs is 1. The predicted octanol–water partition coefficient (Wildman–Crippen LogP) is 2.92. The van der Waals surface area contributed by atoms with E-state index < -0.39 is 0 Å². The van der Waals surface area contributed by atoms with Crippen molar-refractivity contribution in [2.45, 2.75) is 18.6 Å². The van der Waals surface area contributed by atoms with E-state index in [1.165, 1.54) is 0 Å². The Morgan fingerprint density at radius 1 is 1.11 bits per heavy atom. The van der Waals surface area contributed by atoms with Crippen LogP contribution in [-0.2, 0) is 0 Å². The highest BCUT2D eigenvalue weighted by Gasteiger charge is 2.26. The van der Waals surface area contributed by atoms with Crippen molar-refractivity contribution >= 4 is 0 Å². The lowest BCUT2D eigenvalue weighted by Gasteiger charge is -2.30. The van der Waals surface area contributed by atoms with Gasteiger partial charge in [-0.1, -0.05) is 30.3 Å². The third-order valence-corrected chi connectivity index (χ3v) is 3.30. The van der Waals surface area contributed by atoms with E-state index in [0.717, 1.165) is 23.3 Å². The Morgan fingerprint density at radius 2 is 1.94 bits per heavy atom. The van der Waals surface area contributed by atoms with Gasteiger partial charge in [0.15, 0.2) is 0 Å². The maximum absolute atomic E-state index is 9.52. The van der Waals surface area contributed by atoms with Crippen molar-refractivity contribution in [3.8, 4) is 11.5 Å². The van der Waals surface area contributed by atoms with E-state index in [-0.39, 0.29) is 17.9 Å². The van der Waals surface area contributed by atoms with Gasteiger partial charge in [0.2, 0.25) is 0 Å². The third kappa shape index (κ3) is 1.93. The summed E-state index contributed by atoms with van der Waals surface area (Å²) in [5, 5.41) is 9.52. The average Bonchev–Trinajstić information content (AvgIpc) is 2.39. The molecule has 0 amide bonds. The Hall–Kier alpha value is -2.00. The number of benzene rings is 2. The van der Waals surface area contributed by atoms with Crippen LogP contribution >= 0.6 is 0 Å². The number of aromatic hydroxyl groups is 1. The van der Waals surface area contributed by atoms with E-state index in [1.54, 1.807) is 12.1 Å². The largest absolute Gasteiger partial charge is 0.508 e. The molecule has 92 valence electrons. The molecule has 0 aromatic heterocycles. The molecule has 0 bridgehead atoms. The molecule has 0 aliphatic carbocycles. The van der Waals surface area contributed by atoms with Crippen molar-refractivity contribution in [2.24, 2.45) is 5.73 Å². The molecule has 3 N–H and O–H groups in total. The lowest BCUT2D eigenvalue weighted by Crippen LogP contribution is -2.23. The molecule has 0 saturated carbocycles. The number of hydrogen-bond acceptors (Lipinski definition) is 3. The van der Waals surface area contributed by atoms with Gasteiger partial charge in [0.05, 0.1) is 0 Å². The highest BCUT2D eigenvalue weighted by Crippen LogP contribution is 2.39. The first-order valence-corrected chi connectivity index (χ1v) is 6.04. The van der Waals surface area contributed by atoms with Crippen LogP contribution in [0.15, 0.2) is 48.5 Å². The van der Waals surface area contributed by atoms with Crippen LogP contribution in [-0.4, -0.2) is 5.11 Å². The first kappa shape index (κ1) is 11.1. The lowest BCUT2D eigenvalue weighted by atomic mass is 9.93. The van der Waals surface area contributed by atoms with Gasteiger partial charge in [-0.3, -0.25) is 0 Å². The van der Waals surface area contributed by atoms with Gasteiger partial charge < -0.3 is 15.6 Å². The molecule has 2 aromatic rings. The van der Waals surface area contributed by atoms with E-state index in [9.17, 15) is 5.11 Å². The number of para-hydroxylation sites is 1.